The van der Waals surface area contributed by atoms with Gasteiger partial charge < -0.3 is 15.7 Å². The van der Waals surface area contributed by atoms with Crippen molar-refractivity contribution in [2.24, 2.45) is 0 Å². The first kappa shape index (κ1) is 23.7. The smallest absolute Gasteiger partial charge is 0.278 e. The van der Waals surface area contributed by atoms with Crippen molar-refractivity contribution in [2.75, 3.05) is 11.9 Å². The molecule has 0 unspecified atom stereocenters. The zero-order valence-corrected chi connectivity index (χ0v) is 21.3. The fourth-order valence-electron chi connectivity index (χ4n) is 5.30. The Morgan fingerprint density at radius 2 is 1.97 bits per heavy atom. The van der Waals surface area contributed by atoms with Gasteiger partial charge in [-0.1, -0.05) is 6.07 Å². The second-order valence-electron chi connectivity index (χ2n) is 10.8. The van der Waals surface area contributed by atoms with E-state index in [9.17, 15) is 14.3 Å². The maximum absolute atomic E-state index is 14.5. The summed E-state index contributed by atoms with van der Waals surface area (Å²) in [7, 11) is 0. The van der Waals surface area contributed by atoms with Gasteiger partial charge in [-0.25, -0.2) is 23.7 Å². The van der Waals surface area contributed by atoms with Crippen LogP contribution < -0.4 is 16.2 Å². The molecule has 0 atom stereocenters. The molecule has 10 heteroatoms. The molecule has 1 aliphatic heterocycles. The fourth-order valence-corrected chi connectivity index (χ4v) is 5.30. The van der Waals surface area contributed by atoms with Gasteiger partial charge >= 0.3 is 0 Å². The first-order valence-electron chi connectivity index (χ1n) is 12.6. The highest BCUT2D eigenvalue weighted by molar-refractivity contribution is 5.77. The van der Waals surface area contributed by atoms with Gasteiger partial charge in [0.25, 0.3) is 5.56 Å². The van der Waals surface area contributed by atoms with E-state index in [1.54, 1.807) is 4.68 Å². The minimum absolute atomic E-state index is 0.112. The lowest BCUT2D eigenvalue weighted by Crippen LogP contribution is -2.36. The third-order valence-corrected chi connectivity index (χ3v) is 7.22. The lowest BCUT2D eigenvalue weighted by molar-refractivity contribution is 0.0694. The van der Waals surface area contributed by atoms with Crippen LogP contribution in [0.15, 0.2) is 41.3 Å². The Hall–Kier alpha value is -3.63. The van der Waals surface area contributed by atoms with Gasteiger partial charge in [-0.2, -0.15) is 4.98 Å². The Kier molecular flexibility index (Phi) is 5.26. The summed E-state index contributed by atoms with van der Waals surface area (Å²) in [6, 6.07) is 8.82. The number of anilines is 2. The highest BCUT2D eigenvalue weighted by Crippen LogP contribution is 2.48. The standard InChI is InChI=1S/C27H30FN7O2/c1-15(2)34-24(36)18-14-29-25(31-17-5-6-19-16(13-17)9-12-30-27(19)10-11-27)33-23(18)35(34)21-8-7-20(28)22(32-21)26(3,4)37/h5-8,13-15,30,37H,9-12H2,1-4H3,(H,29,31,33). The number of hydrogen-bond donors (Lipinski definition) is 3. The van der Waals surface area contributed by atoms with Crippen LogP contribution in [0.1, 0.15) is 63.4 Å². The minimum atomic E-state index is -1.51. The van der Waals surface area contributed by atoms with Crippen LogP contribution in [-0.2, 0) is 17.6 Å². The Labute approximate surface area is 213 Å². The van der Waals surface area contributed by atoms with E-state index < -0.39 is 11.4 Å². The number of benzene rings is 1. The molecule has 192 valence electrons. The van der Waals surface area contributed by atoms with Crippen molar-refractivity contribution in [3.05, 3.63) is 69.5 Å². The maximum atomic E-state index is 14.5. The molecule has 1 saturated carbocycles. The van der Waals surface area contributed by atoms with E-state index in [1.807, 2.05) is 19.9 Å². The van der Waals surface area contributed by atoms with Crippen LogP contribution in [0, 0.1) is 5.82 Å². The van der Waals surface area contributed by atoms with Gasteiger partial charge in [0.15, 0.2) is 11.5 Å². The molecule has 6 rings (SSSR count). The Balaban J connectivity index is 1.45. The maximum Gasteiger partial charge on any atom is 0.278 e. The first-order valence-corrected chi connectivity index (χ1v) is 12.6. The molecular formula is C27H30FN7O2. The van der Waals surface area contributed by atoms with Gasteiger partial charge in [0.05, 0.1) is 0 Å². The number of fused-ring (bicyclic) bond motifs is 3. The number of pyridine rings is 1. The number of nitrogens with zero attached hydrogens (tertiary/aromatic N) is 5. The summed E-state index contributed by atoms with van der Waals surface area (Å²) in [6.07, 6.45) is 4.81. The molecule has 0 amide bonds. The van der Waals surface area contributed by atoms with Gasteiger partial charge in [0.1, 0.15) is 22.5 Å². The fraction of sp³-hybridized carbons (Fsp3) is 0.407. The molecule has 0 radical (unpaired) electrons. The summed E-state index contributed by atoms with van der Waals surface area (Å²) < 4.78 is 17.6. The van der Waals surface area contributed by atoms with E-state index in [0.29, 0.717) is 17.0 Å². The number of nitrogens with one attached hydrogen (secondary N) is 2. The van der Waals surface area contributed by atoms with E-state index in [-0.39, 0.29) is 28.7 Å². The average Bonchev–Trinajstić information content (AvgIpc) is 3.54. The molecule has 1 fully saturated rings. The predicted molar refractivity (Wildman–Crippen MR) is 139 cm³/mol. The first-order chi connectivity index (χ1) is 17.6. The van der Waals surface area contributed by atoms with Crippen LogP contribution in [0.2, 0.25) is 0 Å². The highest BCUT2D eigenvalue weighted by Gasteiger charge is 2.46. The van der Waals surface area contributed by atoms with Gasteiger partial charge in [0, 0.05) is 30.0 Å². The van der Waals surface area contributed by atoms with Crippen LogP contribution in [0.3, 0.4) is 0 Å². The number of aliphatic hydroxyl groups is 1. The van der Waals surface area contributed by atoms with Crippen molar-refractivity contribution >= 4 is 22.7 Å². The van der Waals surface area contributed by atoms with Crippen molar-refractivity contribution < 1.29 is 9.50 Å². The van der Waals surface area contributed by atoms with Crippen LogP contribution in [-0.4, -0.2) is 36.0 Å². The highest BCUT2D eigenvalue weighted by atomic mass is 19.1. The molecule has 1 aliphatic carbocycles. The largest absolute Gasteiger partial charge is 0.384 e. The van der Waals surface area contributed by atoms with Crippen molar-refractivity contribution in [2.45, 2.75) is 64.1 Å². The van der Waals surface area contributed by atoms with Crippen molar-refractivity contribution in [3.63, 3.8) is 0 Å². The normalized spacial score (nSPS) is 16.4. The number of hydrogen-bond acceptors (Lipinski definition) is 7. The van der Waals surface area contributed by atoms with Crippen LogP contribution in [0.4, 0.5) is 16.0 Å². The summed E-state index contributed by atoms with van der Waals surface area (Å²) in [4.78, 5) is 26.8. The zero-order chi connectivity index (χ0) is 26.1. The van der Waals surface area contributed by atoms with Crippen molar-refractivity contribution in [1.29, 1.82) is 0 Å². The van der Waals surface area contributed by atoms with Crippen LogP contribution in [0.25, 0.3) is 16.9 Å². The molecule has 0 bridgehead atoms. The molecule has 2 aliphatic rings. The molecule has 37 heavy (non-hydrogen) atoms. The van der Waals surface area contributed by atoms with Crippen LogP contribution >= 0.6 is 0 Å². The number of halogens is 1. The Morgan fingerprint density at radius 1 is 1.19 bits per heavy atom. The third-order valence-electron chi connectivity index (χ3n) is 7.22. The van der Waals surface area contributed by atoms with E-state index >= 15 is 0 Å². The van der Waals surface area contributed by atoms with Crippen molar-refractivity contribution in [3.8, 4) is 5.82 Å². The van der Waals surface area contributed by atoms with Gasteiger partial charge in [-0.15, -0.1) is 0 Å². The molecule has 1 spiro atoms. The lowest BCUT2D eigenvalue weighted by atomic mass is 9.92. The molecule has 1 aromatic carbocycles. The van der Waals surface area contributed by atoms with Gasteiger partial charge in [0.2, 0.25) is 5.95 Å². The Bertz CT molecular complexity index is 1600. The van der Waals surface area contributed by atoms with Gasteiger partial charge in [-0.3, -0.25) is 4.79 Å². The second-order valence-corrected chi connectivity index (χ2v) is 10.8. The predicted octanol–water partition coefficient (Wildman–Crippen LogP) is 3.80. The molecular weight excluding hydrogens is 473 g/mol. The second kappa shape index (κ2) is 8.19. The summed E-state index contributed by atoms with van der Waals surface area (Å²) in [6.45, 7) is 7.65. The van der Waals surface area contributed by atoms with E-state index in [1.165, 1.54) is 60.8 Å². The zero-order valence-electron chi connectivity index (χ0n) is 21.3. The Morgan fingerprint density at radius 3 is 2.68 bits per heavy atom. The third kappa shape index (κ3) is 3.91. The summed E-state index contributed by atoms with van der Waals surface area (Å²) >= 11 is 0. The van der Waals surface area contributed by atoms with Crippen LogP contribution in [0.5, 0.6) is 0 Å². The monoisotopic (exact) mass is 503 g/mol. The average molecular weight is 504 g/mol. The molecule has 4 heterocycles. The summed E-state index contributed by atoms with van der Waals surface area (Å²) in [5.41, 5.74) is 2.17. The van der Waals surface area contributed by atoms with Crippen molar-refractivity contribution in [1.82, 2.24) is 29.6 Å². The van der Waals surface area contributed by atoms with E-state index in [2.05, 4.69) is 37.7 Å². The van der Waals surface area contributed by atoms with E-state index in [4.69, 9.17) is 0 Å². The molecule has 9 nitrogen and oxygen atoms in total. The SMILES string of the molecule is CC(C)n1c(=O)c2cnc(Nc3ccc4c(c3)CCNC43CC3)nc2n1-c1ccc(F)c(C(C)(C)O)n1. The number of aromatic nitrogens is 5. The molecule has 3 aromatic heterocycles. The lowest BCUT2D eigenvalue weighted by Gasteiger charge is -2.27. The van der Waals surface area contributed by atoms with Gasteiger partial charge in [-0.05, 0) is 82.3 Å². The van der Waals surface area contributed by atoms with E-state index in [0.717, 1.165) is 18.7 Å². The number of rotatable bonds is 5. The summed E-state index contributed by atoms with van der Waals surface area (Å²) in [5.74, 6) is -0.0132. The summed E-state index contributed by atoms with van der Waals surface area (Å²) in [5, 5.41) is 17.7. The molecule has 4 aromatic rings. The molecule has 0 saturated heterocycles. The minimum Gasteiger partial charge on any atom is -0.384 e. The topological polar surface area (TPSA) is 110 Å². The molecule has 3 N–H and O–H groups in total. The quantitative estimate of drug-likeness (QED) is 0.380.